The molecule has 2 rings (SSSR count). The van der Waals surface area contributed by atoms with Crippen LogP contribution in [0.5, 0.6) is 5.75 Å². The molecule has 0 bridgehead atoms. The van der Waals surface area contributed by atoms with Gasteiger partial charge in [0.1, 0.15) is 11.8 Å². The zero-order chi connectivity index (χ0) is 10.7. The Morgan fingerprint density at radius 1 is 1.40 bits per heavy atom. The lowest BCUT2D eigenvalue weighted by atomic mass is 10.1. The van der Waals surface area contributed by atoms with Crippen LogP contribution in [0.15, 0.2) is 39.9 Å². The molecule has 78 valence electrons. The van der Waals surface area contributed by atoms with Crippen LogP contribution in [0.25, 0.3) is 0 Å². The van der Waals surface area contributed by atoms with E-state index in [2.05, 4.69) is 26.2 Å². The van der Waals surface area contributed by atoms with E-state index in [1.54, 1.807) is 13.4 Å². The molecule has 1 aliphatic rings. The van der Waals surface area contributed by atoms with E-state index in [1.807, 2.05) is 30.5 Å². The number of aliphatic imine (C=N–C) groups is 1. The third kappa shape index (κ3) is 2.04. The standard InChI is InChI=1S/C11H11BrN2O/c1-15-10-5-3-2-4-8(10)11-9(12)6-13-7-14-11/h2-7,11H,1H3,(H,13,14). The van der Waals surface area contributed by atoms with Crippen molar-refractivity contribution < 1.29 is 4.74 Å². The lowest BCUT2D eigenvalue weighted by Gasteiger charge is -2.18. The van der Waals surface area contributed by atoms with Crippen LogP contribution >= 0.6 is 15.9 Å². The zero-order valence-electron chi connectivity index (χ0n) is 8.27. The molecule has 0 aliphatic carbocycles. The summed E-state index contributed by atoms with van der Waals surface area (Å²) in [6.45, 7) is 0. The van der Waals surface area contributed by atoms with E-state index in [0.29, 0.717) is 0 Å². The van der Waals surface area contributed by atoms with Crippen molar-refractivity contribution in [1.29, 1.82) is 0 Å². The van der Waals surface area contributed by atoms with E-state index >= 15 is 0 Å². The number of nitrogens with zero attached hydrogens (tertiary/aromatic N) is 1. The SMILES string of the molecule is COc1ccccc1C1N=CNC=C1Br. The molecule has 3 nitrogen and oxygen atoms in total. The van der Waals surface area contributed by atoms with Crippen LogP contribution in [0.4, 0.5) is 0 Å². The van der Waals surface area contributed by atoms with Crippen molar-refractivity contribution in [2.75, 3.05) is 7.11 Å². The maximum absolute atomic E-state index is 5.30. The molecule has 1 atom stereocenters. The Labute approximate surface area is 97.0 Å². The van der Waals surface area contributed by atoms with Gasteiger partial charge in [-0.3, -0.25) is 4.99 Å². The molecule has 1 heterocycles. The van der Waals surface area contributed by atoms with Gasteiger partial charge in [0.25, 0.3) is 0 Å². The summed E-state index contributed by atoms with van der Waals surface area (Å²) in [5.74, 6) is 0.854. The topological polar surface area (TPSA) is 33.6 Å². The van der Waals surface area contributed by atoms with Gasteiger partial charge in [0.05, 0.1) is 13.4 Å². The number of para-hydroxylation sites is 1. The van der Waals surface area contributed by atoms with Gasteiger partial charge in [-0.2, -0.15) is 0 Å². The first kappa shape index (κ1) is 10.2. The molecule has 0 fully saturated rings. The Bertz CT molecular complexity index is 415. The van der Waals surface area contributed by atoms with Gasteiger partial charge in [0, 0.05) is 16.2 Å². The summed E-state index contributed by atoms with van der Waals surface area (Å²) in [4.78, 5) is 4.36. The van der Waals surface area contributed by atoms with E-state index in [9.17, 15) is 0 Å². The van der Waals surface area contributed by atoms with Crippen molar-refractivity contribution in [3.63, 3.8) is 0 Å². The second kappa shape index (κ2) is 4.49. The van der Waals surface area contributed by atoms with Crippen molar-refractivity contribution in [2.24, 2.45) is 4.99 Å². The highest BCUT2D eigenvalue weighted by molar-refractivity contribution is 9.11. The molecule has 4 heteroatoms. The zero-order valence-corrected chi connectivity index (χ0v) is 9.86. The van der Waals surface area contributed by atoms with Gasteiger partial charge >= 0.3 is 0 Å². The van der Waals surface area contributed by atoms with Crippen LogP contribution in [-0.2, 0) is 0 Å². The Balaban J connectivity index is 2.40. The fourth-order valence-corrected chi connectivity index (χ4v) is 2.00. The minimum atomic E-state index is -0.0117. The first-order valence-electron chi connectivity index (χ1n) is 4.59. The smallest absolute Gasteiger partial charge is 0.124 e. The first-order valence-corrected chi connectivity index (χ1v) is 5.38. The van der Waals surface area contributed by atoms with Gasteiger partial charge in [0.15, 0.2) is 0 Å². The number of ether oxygens (including phenoxy) is 1. The fraction of sp³-hybridized carbons (Fsp3) is 0.182. The van der Waals surface area contributed by atoms with Gasteiger partial charge in [-0.1, -0.05) is 34.1 Å². The molecule has 1 N–H and O–H groups in total. The highest BCUT2D eigenvalue weighted by atomic mass is 79.9. The summed E-state index contributed by atoms with van der Waals surface area (Å²) in [6, 6.07) is 7.87. The van der Waals surface area contributed by atoms with Crippen molar-refractivity contribution in [2.45, 2.75) is 6.04 Å². The van der Waals surface area contributed by atoms with Crippen LogP contribution in [-0.4, -0.2) is 13.4 Å². The lowest BCUT2D eigenvalue weighted by Crippen LogP contribution is -2.12. The van der Waals surface area contributed by atoms with Gasteiger partial charge < -0.3 is 10.1 Å². The van der Waals surface area contributed by atoms with Crippen molar-refractivity contribution >= 4 is 22.3 Å². The van der Waals surface area contributed by atoms with Crippen molar-refractivity contribution in [1.82, 2.24) is 5.32 Å². The summed E-state index contributed by atoms with van der Waals surface area (Å²) >= 11 is 3.48. The van der Waals surface area contributed by atoms with E-state index in [0.717, 1.165) is 15.8 Å². The van der Waals surface area contributed by atoms with Crippen LogP contribution < -0.4 is 10.1 Å². The molecule has 0 saturated carbocycles. The molecular weight excluding hydrogens is 256 g/mol. The number of hydrogen-bond donors (Lipinski definition) is 1. The number of rotatable bonds is 2. The first-order chi connectivity index (χ1) is 7.33. The number of hydrogen-bond acceptors (Lipinski definition) is 3. The number of halogens is 1. The molecule has 0 spiro atoms. The highest BCUT2D eigenvalue weighted by Gasteiger charge is 2.18. The van der Waals surface area contributed by atoms with Crippen molar-refractivity contribution in [3.8, 4) is 5.75 Å². The van der Waals surface area contributed by atoms with E-state index in [4.69, 9.17) is 4.74 Å². The third-order valence-electron chi connectivity index (χ3n) is 2.21. The second-order valence-corrected chi connectivity index (χ2v) is 4.03. The monoisotopic (exact) mass is 266 g/mol. The minimum Gasteiger partial charge on any atom is -0.496 e. The average Bonchev–Trinajstić information content (AvgIpc) is 2.30. The molecule has 1 unspecified atom stereocenters. The van der Waals surface area contributed by atoms with Gasteiger partial charge in [-0.25, -0.2) is 0 Å². The fourth-order valence-electron chi connectivity index (χ4n) is 1.51. The van der Waals surface area contributed by atoms with Gasteiger partial charge in [-0.15, -0.1) is 0 Å². The number of benzene rings is 1. The van der Waals surface area contributed by atoms with E-state index < -0.39 is 0 Å². The average molecular weight is 267 g/mol. The van der Waals surface area contributed by atoms with Crippen molar-refractivity contribution in [3.05, 3.63) is 40.5 Å². The lowest BCUT2D eigenvalue weighted by molar-refractivity contribution is 0.408. The predicted molar refractivity (Wildman–Crippen MR) is 64.4 cm³/mol. The molecular formula is C11H11BrN2O. The second-order valence-electron chi connectivity index (χ2n) is 3.12. The largest absolute Gasteiger partial charge is 0.496 e. The van der Waals surface area contributed by atoms with E-state index in [1.165, 1.54) is 0 Å². The van der Waals surface area contributed by atoms with Crippen LogP contribution in [0, 0.1) is 0 Å². The normalized spacial score (nSPS) is 19.3. The number of nitrogens with one attached hydrogen (secondary N) is 1. The maximum atomic E-state index is 5.30. The Morgan fingerprint density at radius 3 is 2.93 bits per heavy atom. The highest BCUT2D eigenvalue weighted by Crippen LogP contribution is 2.35. The van der Waals surface area contributed by atoms with Gasteiger partial charge in [-0.05, 0) is 6.07 Å². The van der Waals surface area contributed by atoms with Crippen LogP contribution in [0.1, 0.15) is 11.6 Å². The molecule has 0 saturated heterocycles. The Kier molecular flexibility index (Phi) is 3.06. The molecule has 1 aromatic carbocycles. The van der Waals surface area contributed by atoms with Gasteiger partial charge in [0.2, 0.25) is 0 Å². The molecule has 0 amide bonds. The summed E-state index contributed by atoms with van der Waals surface area (Å²) in [5.41, 5.74) is 1.06. The Hall–Kier alpha value is -1.29. The molecule has 1 aliphatic heterocycles. The minimum absolute atomic E-state index is 0.0117. The summed E-state index contributed by atoms with van der Waals surface area (Å²) in [5, 5.41) is 2.93. The van der Waals surface area contributed by atoms with Crippen LogP contribution in [0.2, 0.25) is 0 Å². The van der Waals surface area contributed by atoms with Crippen LogP contribution in [0.3, 0.4) is 0 Å². The molecule has 1 aromatic rings. The molecule has 15 heavy (non-hydrogen) atoms. The summed E-state index contributed by atoms with van der Waals surface area (Å²) in [6.07, 6.45) is 3.56. The summed E-state index contributed by atoms with van der Waals surface area (Å²) < 4.78 is 6.30. The van der Waals surface area contributed by atoms with E-state index in [-0.39, 0.29) is 6.04 Å². The number of methoxy groups -OCH3 is 1. The molecule has 0 aromatic heterocycles. The maximum Gasteiger partial charge on any atom is 0.124 e. The Morgan fingerprint density at radius 2 is 2.20 bits per heavy atom. The predicted octanol–water partition coefficient (Wildman–Crippen LogP) is 2.60. The third-order valence-corrected chi connectivity index (χ3v) is 2.88. The quantitative estimate of drug-likeness (QED) is 0.893. The molecule has 0 radical (unpaired) electrons. The summed E-state index contributed by atoms with van der Waals surface area (Å²) in [7, 11) is 1.67.